The molecule has 2 rings (SSSR count). The van der Waals surface area contributed by atoms with Gasteiger partial charge in [0, 0.05) is 0 Å². The number of primary amides is 1. The second-order valence-corrected chi connectivity index (χ2v) is 4.51. The summed E-state index contributed by atoms with van der Waals surface area (Å²) in [5.41, 5.74) is 5.30. The third-order valence-electron chi connectivity index (χ3n) is 2.63. The Hall–Kier alpha value is -0.510. The zero-order valence-corrected chi connectivity index (χ0v) is 7.45. The Labute approximate surface area is 75.1 Å². The molecule has 1 aliphatic heterocycles. The maximum absolute atomic E-state index is 11.3. The molecule has 3 nitrogen and oxygen atoms in total. The number of hydrogen-bond donors (Lipinski definition) is 1. The van der Waals surface area contributed by atoms with Crippen LogP contribution in [0.5, 0.6) is 0 Å². The average molecular weight is 184 g/mol. The molecule has 1 heterocycles. The van der Waals surface area contributed by atoms with E-state index in [1.807, 2.05) is 0 Å². The van der Waals surface area contributed by atoms with Crippen molar-refractivity contribution in [1.29, 1.82) is 0 Å². The Morgan fingerprint density at radius 3 is 2.92 bits per heavy atom. The van der Waals surface area contributed by atoms with Gasteiger partial charge in [-0.1, -0.05) is 6.42 Å². The fourth-order valence-corrected chi connectivity index (χ4v) is 3.38. The number of fused-ring (bicyclic) bond motifs is 1. The smallest absolute Gasteiger partial charge is 0.234 e. The van der Waals surface area contributed by atoms with Crippen LogP contribution in [0.25, 0.3) is 0 Å². The summed E-state index contributed by atoms with van der Waals surface area (Å²) < 4.78 is -0.600. The quantitative estimate of drug-likeness (QED) is 0.637. The zero-order chi connectivity index (χ0) is 8.77. The van der Waals surface area contributed by atoms with Crippen molar-refractivity contribution in [3.8, 4) is 0 Å². The van der Waals surface area contributed by atoms with Gasteiger partial charge in [-0.25, -0.2) is 0 Å². The van der Waals surface area contributed by atoms with E-state index in [-0.39, 0.29) is 11.7 Å². The van der Waals surface area contributed by atoms with Crippen LogP contribution in [0.2, 0.25) is 0 Å². The highest BCUT2D eigenvalue weighted by molar-refractivity contribution is 8.02. The van der Waals surface area contributed by atoms with Crippen LogP contribution in [-0.2, 0) is 9.59 Å². The molecular weight excluding hydrogens is 174 g/mol. The molecule has 1 amide bonds. The molecule has 4 heteroatoms. The van der Waals surface area contributed by atoms with Gasteiger partial charge in [0.05, 0.1) is 11.7 Å². The Morgan fingerprint density at radius 2 is 2.33 bits per heavy atom. The van der Waals surface area contributed by atoms with Crippen molar-refractivity contribution < 1.29 is 9.59 Å². The van der Waals surface area contributed by atoms with Crippen molar-refractivity contribution in [2.75, 3.05) is 5.75 Å². The molecule has 0 aromatic heterocycles. The summed E-state index contributed by atoms with van der Waals surface area (Å²) >= 11 is 1.42. The molecule has 12 heavy (non-hydrogen) atoms. The Morgan fingerprint density at radius 1 is 1.58 bits per heavy atom. The third-order valence-corrected chi connectivity index (χ3v) is 4.18. The summed E-state index contributed by atoms with van der Waals surface area (Å²) in [4.78, 5) is 22.5. The van der Waals surface area contributed by atoms with E-state index < -0.39 is 4.75 Å². The number of rotatable bonds is 1. The van der Waals surface area contributed by atoms with Gasteiger partial charge in [-0.2, -0.15) is 0 Å². The van der Waals surface area contributed by atoms with Crippen molar-refractivity contribution in [1.82, 2.24) is 0 Å². The number of Topliss-reactive ketones (excluding diaryl/α,β-unsaturated/α-hetero) is 1. The summed E-state index contributed by atoms with van der Waals surface area (Å²) in [6.07, 6.45) is 2.46. The summed E-state index contributed by atoms with van der Waals surface area (Å²) in [6, 6.07) is 0. The van der Waals surface area contributed by atoms with Crippen LogP contribution < -0.4 is 5.73 Å². The fourth-order valence-electron chi connectivity index (χ4n) is 2.01. The van der Waals surface area contributed by atoms with E-state index >= 15 is 0 Å². The molecule has 0 aromatic rings. The first-order chi connectivity index (χ1) is 5.67. The van der Waals surface area contributed by atoms with Gasteiger partial charge in [-0.05, 0) is 12.8 Å². The highest BCUT2D eigenvalue weighted by atomic mass is 32.2. The highest BCUT2D eigenvalue weighted by Gasteiger charge is 2.56. The van der Waals surface area contributed by atoms with E-state index in [1.165, 1.54) is 11.8 Å². The summed E-state index contributed by atoms with van der Waals surface area (Å²) in [6.45, 7) is 0. The Kier molecular flexibility index (Phi) is 1.68. The van der Waals surface area contributed by atoms with E-state index in [2.05, 4.69) is 0 Å². The van der Waals surface area contributed by atoms with Gasteiger partial charge in [0.2, 0.25) is 5.91 Å². The molecule has 0 bridgehead atoms. The molecule has 2 fully saturated rings. The predicted molar refractivity (Wildman–Crippen MR) is 46.5 cm³/mol. The van der Waals surface area contributed by atoms with Gasteiger partial charge in [0.1, 0.15) is 4.75 Å². The predicted octanol–water partition coefficient (Wildman–Crippen LogP) is 0.285. The maximum atomic E-state index is 11.3. The second kappa shape index (κ2) is 2.49. The van der Waals surface area contributed by atoms with Gasteiger partial charge in [0.15, 0.2) is 5.78 Å². The van der Waals surface area contributed by atoms with Crippen LogP contribution in [0.1, 0.15) is 19.3 Å². The minimum absolute atomic E-state index is 0.135. The van der Waals surface area contributed by atoms with Crippen molar-refractivity contribution in [3.05, 3.63) is 5.92 Å². The van der Waals surface area contributed by atoms with Crippen LogP contribution in [0.15, 0.2) is 0 Å². The number of ketones is 1. The lowest BCUT2D eigenvalue weighted by molar-refractivity contribution is -0.122. The van der Waals surface area contributed by atoms with E-state index in [0.717, 1.165) is 25.2 Å². The van der Waals surface area contributed by atoms with Crippen molar-refractivity contribution in [3.63, 3.8) is 0 Å². The molecule has 2 N–H and O–H groups in total. The number of thioether (sulfide) groups is 1. The van der Waals surface area contributed by atoms with Gasteiger partial charge < -0.3 is 5.73 Å². The summed E-state index contributed by atoms with van der Waals surface area (Å²) in [5.74, 6) is 1.03. The van der Waals surface area contributed by atoms with Crippen molar-refractivity contribution >= 4 is 23.5 Å². The lowest BCUT2D eigenvalue weighted by atomic mass is 9.92. The minimum Gasteiger partial charge on any atom is -0.368 e. The lowest BCUT2D eigenvalue weighted by Crippen LogP contribution is -2.41. The molecule has 1 saturated carbocycles. The zero-order valence-electron chi connectivity index (χ0n) is 6.63. The molecule has 0 spiro atoms. The number of nitrogens with two attached hydrogens (primary N) is 1. The average Bonchev–Trinajstić information content (AvgIpc) is 2.53. The number of carbonyl (C=O) groups is 2. The summed E-state index contributed by atoms with van der Waals surface area (Å²) in [7, 11) is 0. The fraction of sp³-hybridized carbons (Fsp3) is 0.625. The maximum Gasteiger partial charge on any atom is 0.234 e. The largest absolute Gasteiger partial charge is 0.368 e. The number of carbonyl (C=O) groups excluding carboxylic acids is 2. The normalized spacial score (nSPS) is 35.5. The number of hydrogen-bond acceptors (Lipinski definition) is 3. The van der Waals surface area contributed by atoms with Crippen LogP contribution in [-0.4, -0.2) is 22.2 Å². The van der Waals surface area contributed by atoms with E-state index in [9.17, 15) is 9.59 Å². The Bertz CT molecular complexity index is 253. The van der Waals surface area contributed by atoms with E-state index in [1.54, 1.807) is 0 Å². The van der Waals surface area contributed by atoms with Crippen LogP contribution >= 0.6 is 11.8 Å². The monoisotopic (exact) mass is 184 g/mol. The molecule has 2 aliphatic rings. The lowest BCUT2D eigenvalue weighted by Gasteiger charge is -2.21. The minimum atomic E-state index is -0.600. The first-order valence-electron chi connectivity index (χ1n) is 4.00. The molecule has 1 radical (unpaired) electrons. The van der Waals surface area contributed by atoms with Crippen LogP contribution in [0.4, 0.5) is 0 Å². The SMILES string of the molecule is NC(=O)C12CCC[C]1C(=O)CS2. The van der Waals surface area contributed by atoms with Crippen LogP contribution in [0.3, 0.4) is 0 Å². The van der Waals surface area contributed by atoms with Crippen LogP contribution in [0, 0.1) is 5.92 Å². The van der Waals surface area contributed by atoms with E-state index in [0.29, 0.717) is 5.75 Å². The van der Waals surface area contributed by atoms with Gasteiger partial charge >= 0.3 is 0 Å². The molecule has 0 aromatic carbocycles. The number of amides is 1. The molecule has 65 valence electrons. The van der Waals surface area contributed by atoms with Crippen molar-refractivity contribution in [2.24, 2.45) is 5.73 Å². The highest BCUT2D eigenvalue weighted by Crippen LogP contribution is 2.52. The molecule has 1 unspecified atom stereocenters. The first kappa shape index (κ1) is 8.10. The van der Waals surface area contributed by atoms with Crippen molar-refractivity contribution in [2.45, 2.75) is 24.0 Å². The summed E-state index contributed by atoms with van der Waals surface area (Å²) in [5, 5.41) is 0. The molecule has 1 saturated heterocycles. The van der Waals surface area contributed by atoms with E-state index in [4.69, 9.17) is 5.73 Å². The third kappa shape index (κ3) is 0.843. The standard InChI is InChI=1S/C8H10NO2S/c9-7(11)8-3-1-2-5(8)6(10)4-12-8/h1-4H2,(H2,9,11). The molecule has 1 aliphatic carbocycles. The van der Waals surface area contributed by atoms with Gasteiger partial charge in [-0.15, -0.1) is 11.8 Å². The topological polar surface area (TPSA) is 60.2 Å². The molecule has 1 atom stereocenters. The van der Waals surface area contributed by atoms with Gasteiger partial charge in [-0.3, -0.25) is 9.59 Å². The molecular formula is C8H10NO2S. The second-order valence-electron chi connectivity index (χ2n) is 3.24. The first-order valence-corrected chi connectivity index (χ1v) is 4.99. The van der Waals surface area contributed by atoms with Gasteiger partial charge in [0.25, 0.3) is 0 Å². The Balaban J connectivity index is 2.35.